The second-order valence-corrected chi connectivity index (χ2v) is 2.38. The van der Waals surface area contributed by atoms with Gasteiger partial charge in [0.1, 0.15) is 0 Å². The molecule has 0 unspecified atom stereocenters. The molecule has 0 spiro atoms. The molecular weight excluding hydrogens is 94.1 g/mol. The Hall–Kier alpha value is -0.283. The van der Waals surface area contributed by atoms with Gasteiger partial charge in [0.15, 0.2) is 0 Å². The molecule has 0 radical (unpaired) electrons. The molecule has 0 amide bonds. The third-order valence-corrected chi connectivity index (χ3v) is 1.32. The predicted octanol–water partition coefficient (Wildman–Crippen LogP) is -1.27. The summed E-state index contributed by atoms with van der Waals surface area (Å²) in [7, 11) is 1.08. The molecule has 0 aromatic heterocycles. The van der Waals surface area contributed by atoms with E-state index >= 15 is 0 Å². The summed E-state index contributed by atoms with van der Waals surface area (Å²) >= 11 is 0. The quantitative estimate of drug-likeness (QED) is 0.384. The van der Waals surface area contributed by atoms with Crippen molar-refractivity contribution >= 4 is 10.2 Å². The lowest BCUT2D eigenvalue weighted by atomic mass is 10.7. The second-order valence-electron chi connectivity index (χ2n) is 1.30. The largest absolute Gasteiger partial charge is 0.277 e. The summed E-state index contributed by atoms with van der Waals surface area (Å²) in [5.41, 5.74) is 2.74. The summed E-state index contributed by atoms with van der Waals surface area (Å²) in [4.78, 5) is 4.75. The van der Waals surface area contributed by atoms with Gasteiger partial charge in [-0.25, -0.2) is 0 Å². The van der Waals surface area contributed by atoms with Crippen LogP contribution in [0.2, 0.25) is 0 Å². The average molecular weight is 101 g/mol. The Morgan fingerprint density at radius 3 is 3.00 bits per heavy atom. The second kappa shape index (κ2) is 1.44. The first-order chi connectivity index (χ1) is 2.89. The summed E-state index contributed by atoms with van der Waals surface area (Å²) in [5, 5.41) is 1.25. The van der Waals surface area contributed by atoms with Gasteiger partial charge in [-0.15, -0.1) is 0 Å². The summed E-state index contributed by atoms with van der Waals surface area (Å²) in [6.45, 7) is 0.749. The monoisotopic (exact) mass is 101 g/mol. The van der Waals surface area contributed by atoms with Crippen LogP contribution in [0.3, 0.4) is 0 Å². The highest BCUT2D eigenvalue weighted by Gasteiger charge is 1.92. The van der Waals surface area contributed by atoms with Crippen LogP contribution >= 0.6 is 0 Å². The van der Waals surface area contributed by atoms with Crippen molar-refractivity contribution in [2.45, 2.75) is 0 Å². The molecule has 1 heterocycles. The minimum Gasteiger partial charge on any atom is -0.277 e. The first-order valence-electron chi connectivity index (χ1n) is 1.94. The minimum atomic E-state index is 0.749. The van der Waals surface area contributed by atoms with Crippen LogP contribution < -0.4 is 5.48 Å². The van der Waals surface area contributed by atoms with Crippen LogP contribution in [0.5, 0.6) is 0 Å². The van der Waals surface area contributed by atoms with Crippen molar-refractivity contribution in [3.63, 3.8) is 0 Å². The summed E-state index contributed by atoms with van der Waals surface area (Å²) in [5.74, 6) is 0. The molecule has 34 valence electrons. The molecule has 0 fully saturated rings. The van der Waals surface area contributed by atoms with Crippen molar-refractivity contribution in [2.24, 2.45) is 0 Å². The average Bonchev–Trinajstić information content (AvgIpc) is 1.86. The SMILES string of the molecule is [SiH3]C1=CCON1. The van der Waals surface area contributed by atoms with Crippen LogP contribution in [0.25, 0.3) is 0 Å². The van der Waals surface area contributed by atoms with Crippen molar-refractivity contribution in [2.75, 3.05) is 6.61 Å². The molecule has 0 aliphatic carbocycles. The number of hydrogen-bond acceptors (Lipinski definition) is 2. The molecular formula is C3H7NOSi. The third-order valence-electron chi connectivity index (χ3n) is 0.706. The van der Waals surface area contributed by atoms with Crippen molar-refractivity contribution in [3.05, 3.63) is 11.4 Å². The Kier molecular flexibility index (Phi) is 0.937. The lowest BCUT2D eigenvalue weighted by molar-refractivity contribution is 0.113. The van der Waals surface area contributed by atoms with Crippen LogP contribution in [0.1, 0.15) is 0 Å². The van der Waals surface area contributed by atoms with Gasteiger partial charge in [0.25, 0.3) is 0 Å². The number of hydrogen-bond donors (Lipinski definition) is 1. The Balaban J connectivity index is 2.45. The van der Waals surface area contributed by atoms with Gasteiger partial charge in [-0.3, -0.25) is 10.3 Å². The fourth-order valence-electron chi connectivity index (χ4n) is 0.364. The fourth-order valence-corrected chi connectivity index (χ4v) is 0.675. The maximum Gasteiger partial charge on any atom is 0.0943 e. The first kappa shape index (κ1) is 3.89. The maximum atomic E-state index is 4.75. The van der Waals surface area contributed by atoms with Crippen molar-refractivity contribution in [1.29, 1.82) is 0 Å². The van der Waals surface area contributed by atoms with Gasteiger partial charge in [-0.1, -0.05) is 0 Å². The Morgan fingerprint density at radius 2 is 2.83 bits per heavy atom. The van der Waals surface area contributed by atoms with Gasteiger partial charge in [0.2, 0.25) is 0 Å². The maximum absolute atomic E-state index is 4.75. The summed E-state index contributed by atoms with van der Waals surface area (Å²) < 4.78 is 0. The summed E-state index contributed by atoms with van der Waals surface area (Å²) in [6.07, 6.45) is 2.05. The van der Waals surface area contributed by atoms with Crippen LogP contribution in [0.4, 0.5) is 0 Å². The van der Waals surface area contributed by atoms with Crippen molar-refractivity contribution < 1.29 is 4.84 Å². The third kappa shape index (κ3) is 0.608. The predicted molar refractivity (Wildman–Crippen MR) is 27.1 cm³/mol. The highest BCUT2D eigenvalue weighted by Crippen LogP contribution is 1.88. The van der Waals surface area contributed by atoms with E-state index in [-0.39, 0.29) is 0 Å². The van der Waals surface area contributed by atoms with Gasteiger partial charge in [-0.05, 0) is 6.08 Å². The summed E-state index contributed by atoms with van der Waals surface area (Å²) in [6, 6.07) is 0. The van der Waals surface area contributed by atoms with E-state index in [2.05, 4.69) is 5.48 Å². The van der Waals surface area contributed by atoms with Gasteiger partial charge in [-0.2, -0.15) is 0 Å². The smallest absolute Gasteiger partial charge is 0.0943 e. The number of nitrogens with one attached hydrogen (secondary N) is 1. The highest BCUT2D eigenvalue weighted by molar-refractivity contribution is 6.21. The zero-order chi connectivity index (χ0) is 4.41. The van der Waals surface area contributed by atoms with E-state index in [1.165, 1.54) is 5.32 Å². The zero-order valence-corrected chi connectivity index (χ0v) is 5.69. The number of hydroxylamine groups is 1. The zero-order valence-electron chi connectivity index (χ0n) is 3.69. The molecule has 0 saturated heterocycles. The Labute approximate surface area is 39.6 Å². The molecule has 0 aromatic rings. The van der Waals surface area contributed by atoms with Crippen LogP contribution in [0, 0.1) is 0 Å². The van der Waals surface area contributed by atoms with Crippen LogP contribution in [-0.4, -0.2) is 16.8 Å². The Morgan fingerprint density at radius 1 is 2.00 bits per heavy atom. The van der Waals surface area contributed by atoms with Crippen LogP contribution in [-0.2, 0) is 4.84 Å². The lowest BCUT2D eigenvalue weighted by Gasteiger charge is -1.89. The van der Waals surface area contributed by atoms with Gasteiger partial charge >= 0.3 is 0 Å². The topological polar surface area (TPSA) is 21.3 Å². The minimum absolute atomic E-state index is 0.749. The van der Waals surface area contributed by atoms with E-state index < -0.39 is 0 Å². The van der Waals surface area contributed by atoms with E-state index in [1.807, 2.05) is 6.08 Å². The van der Waals surface area contributed by atoms with Crippen LogP contribution in [0.15, 0.2) is 11.4 Å². The first-order valence-corrected chi connectivity index (χ1v) is 2.94. The number of rotatable bonds is 0. The molecule has 6 heavy (non-hydrogen) atoms. The molecule has 2 nitrogen and oxygen atoms in total. The molecule has 0 saturated carbocycles. The van der Waals surface area contributed by atoms with Crippen molar-refractivity contribution in [3.8, 4) is 0 Å². The highest BCUT2D eigenvalue weighted by atomic mass is 28.1. The standard InChI is InChI=1S/C3H7NOSi/c6-3-1-2-5-4-3/h1,4H,2H2,6H3. The molecule has 1 aliphatic heterocycles. The lowest BCUT2D eigenvalue weighted by Crippen LogP contribution is -2.04. The molecule has 0 atom stereocenters. The van der Waals surface area contributed by atoms with E-state index in [4.69, 9.17) is 4.84 Å². The molecule has 1 aliphatic rings. The molecule has 0 aromatic carbocycles. The van der Waals surface area contributed by atoms with E-state index in [0.29, 0.717) is 0 Å². The van der Waals surface area contributed by atoms with E-state index in [9.17, 15) is 0 Å². The van der Waals surface area contributed by atoms with Crippen molar-refractivity contribution in [1.82, 2.24) is 5.48 Å². The molecule has 3 heteroatoms. The molecule has 0 bridgehead atoms. The van der Waals surface area contributed by atoms with E-state index in [1.54, 1.807) is 0 Å². The van der Waals surface area contributed by atoms with E-state index in [0.717, 1.165) is 16.8 Å². The van der Waals surface area contributed by atoms with Gasteiger partial charge in [0.05, 0.1) is 16.8 Å². The van der Waals surface area contributed by atoms with Gasteiger partial charge < -0.3 is 0 Å². The molecule has 1 rings (SSSR count). The van der Waals surface area contributed by atoms with Gasteiger partial charge in [0, 0.05) is 5.32 Å². The molecule has 1 N–H and O–H groups in total. The normalized spacial score (nSPS) is 20.3. The Bertz CT molecular complexity index is 80.9. The fraction of sp³-hybridized carbons (Fsp3) is 0.333.